The van der Waals surface area contributed by atoms with E-state index in [2.05, 4.69) is 11.8 Å². The fourth-order valence-electron chi connectivity index (χ4n) is 5.02. The zero-order valence-electron chi connectivity index (χ0n) is 19.8. The first-order valence-corrected chi connectivity index (χ1v) is 11.4. The van der Waals surface area contributed by atoms with Gasteiger partial charge in [0.15, 0.2) is 29.2 Å². The molecule has 34 heavy (non-hydrogen) atoms. The second-order valence-electron chi connectivity index (χ2n) is 8.59. The van der Waals surface area contributed by atoms with Crippen LogP contribution in [0.3, 0.4) is 0 Å². The molecule has 0 aromatic heterocycles. The molecule has 0 unspecified atom stereocenters. The molecule has 0 saturated carbocycles. The first-order valence-electron chi connectivity index (χ1n) is 11.4. The van der Waals surface area contributed by atoms with Crippen molar-refractivity contribution in [1.29, 1.82) is 0 Å². The first-order chi connectivity index (χ1) is 16.5. The summed E-state index contributed by atoms with van der Waals surface area (Å²) in [6, 6.07) is 7.70. The van der Waals surface area contributed by atoms with E-state index in [1.165, 1.54) is 6.92 Å². The molecule has 0 radical (unpaired) electrons. The molecule has 1 saturated heterocycles. The minimum atomic E-state index is -0.450. The minimum absolute atomic E-state index is 0.0692. The lowest BCUT2D eigenvalue weighted by atomic mass is 9.77. The third kappa shape index (κ3) is 3.99. The molecule has 2 aromatic carbocycles. The SMILES string of the molecule is COc1cc([C@H]2c3cc4c(cc3O[C@@H](N3CCOCC3)[C@@H]2C)OCO4)cc(OC)c1OC(C)=O. The van der Waals surface area contributed by atoms with Gasteiger partial charge in [-0.2, -0.15) is 0 Å². The Hall–Kier alpha value is -3.17. The Morgan fingerprint density at radius 1 is 0.971 bits per heavy atom. The van der Waals surface area contributed by atoms with Crippen molar-refractivity contribution in [3.8, 4) is 34.5 Å². The molecule has 9 heteroatoms. The summed E-state index contributed by atoms with van der Waals surface area (Å²) >= 11 is 0. The lowest BCUT2D eigenvalue weighted by Crippen LogP contribution is -2.52. The van der Waals surface area contributed by atoms with E-state index in [4.69, 9.17) is 33.2 Å². The highest BCUT2D eigenvalue weighted by atomic mass is 16.7. The van der Waals surface area contributed by atoms with Crippen LogP contribution in [0.25, 0.3) is 0 Å². The zero-order chi connectivity index (χ0) is 23.8. The van der Waals surface area contributed by atoms with Crippen LogP contribution in [0.5, 0.6) is 34.5 Å². The van der Waals surface area contributed by atoms with E-state index in [0.29, 0.717) is 36.2 Å². The fourth-order valence-corrected chi connectivity index (χ4v) is 5.02. The third-order valence-electron chi connectivity index (χ3n) is 6.56. The molecule has 5 rings (SSSR count). The number of benzene rings is 2. The number of methoxy groups -OCH3 is 2. The Labute approximate surface area is 198 Å². The van der Waals surface area contributed by atoms with Gasteiger partial charge in [0.2, 0.25) is 12.5 Å². The van der Waals surface area contributed by atoms with Crippen molar-refractivity contribution in [2.24, 2.45) is 5.92 Å². The number of carbonyl (C=O) groups is 1. The Kier molecular flexibility index (Phi) is 6.14. The van der Waals surface area contributed by atoms with Crippen LogP contribution in [-0.2, 0) is 9.53 Å². The molecule has 2 aromatic rings. The number of morpholine rings is 1. The van der Waals surface area contributed by atoms with E-state index < -0.39 is 5.97 Å². The van der Waals surface area contributed by atoms with Crippen molar-refractivity contribution in [2.75, 3.05) is 47.3 Å². The summed E-state index contributed by atoms with van der Waals surface area (Å²) in [5, 5.41) is 0. The molecule has 3 aliphatic heterocycles. The van der Waals surface area contributed by atoms with Gasteiger partial charge in [0, 0.05) is 43.5 Å². The minimum Gasteiger partial charge on any atom is -0.493 e. The third-order valence-corrected chi connectivity index (χ3v) is 6.56. The molecular weight excluding hydrogens is 442 g/mol. The lowest BCUT2D eigenvalue weighted by Gasteiger charge is -2.44. The normalized spacial score (nSPS) is 23.6. The highest BCUT2D eigenvalue weighted by molar-refractivity contribution is 5.72. The van der Waals surface area contributed by atoms with Gasteiger partial charge in [-0.05, 0) is 23.8 Å². The van der Waals surface area contributed by atoms with Crippen LogP contribution in [0, 0.1) is 5.92 Å². The number of rotatable bonds is 5. The summed E-state index contributed by atoms with van der Waals surface area (Å²) in [5.41, 5.74) is 1.95. The maximum atomic E-state index is 11.7. The number of nitrogens with zero attached hydrogens (tertiary/aromatic N) is 1. The van der Waals surface area contributed by atoms with Crippen LogP contribution < -0.4 is 28.4 Å². The van der Waals surface area contributed by atoms with E-state index in [1.807, 2.05) is 24.3 Å². The molecular formula is C25H29NO8. The van der Waals surface area contributed by atoms with E-state index in [9.17, 15) is 4.79 Å². The van der Waals surface area contributed by atoms with Crippen molar-refractivity contribution >= 4 is 5.97 Å². The van der Waals surface area contributed by atoms with Crippen LogP contribution in [0.4, 0.5) is 0 Å². The van der Waals surface area contributed by atoms with Gasteiger partial charge in [-0.3, -0.25) is 9.69 Å². The van der Waals surface area contributed by atoms with Crippen molar-refractivity contribution in [3.63, 3.8) is 0 Å². The fraction of sp³-hybridized carbons (Fsp3) is 0.480. The molecule has 0 bridgehead atoms. The molecule has 0 spiro atoms. The van der Waals surface area contributed by atoms with Gasteiger partial charge in [-0.15, -0.1) is 0 Å². The van der Waals surface area contributed by atoms with E-state index in [0.717, 1.165) is 30.0 Å². The Balaban J connectivity index is 1.63. The number of ether oxygens (including phenoxy) is 7. The van der Waals surface area contributed by atoms with Gasteiger partial charge in [-0.25, -0.2) is 0 Å². The van der Waals surface area contributed by atoms with Crippen LogP contribution >= 0.6 is 0 Å². The molecule has 0 amide bonds. The van der Waals surface area contributed by atoms with Crippen LogP contribution in [0.2, 0.25) is 0 Å². The van der Waals surface area contributed by atoms with Crippen molar-refractivity contribution < 1.29 is 38.0 Å². The molecule has 3 atom stereocenters. The standard InChI is InChI=1S/C25H29NO8/c1-14-23(16-9-21(28-3)24(33-15(2)27)22(10-16)29-4)17-11-19-20(32-13-31-19)12-18(17)34-25(14)26-5-7-30-8-6-26/h9-12,14,23,25H,5-8,13H2,1-4H3/t14-,23+,25-/m1/s1. The van der Waals surface area contributed by atoms with E-state index in [-0.39, 0.29) is 30.6 Å². The van der Waals surface area contributed by atoms with Crippen molar-refractivity contribution in [3.05, 3.63) is 35.4 Å². The predicted octanol–water partition coefficient (Wildman–Crippen LogP) is 3.18. The molecule has 9 nitrogen and oxygen atoms in total. The summed E-state index contributed by atoms with van der Waals surface area (Å²) in [6.07, 6.45) is -0.160. The van der Waals surface area contributed by atoms with Gasteiger partial charge < -0.3 is 33.2 Å². The molecule has 1 fully saturated rings. The molecule has 3 aliphatic rings. The second-order valence-corrected chi connectivity index (χ2v) is 8.59. The molecule has 0 N–H and O–H groups in total. The average molecular weight is 472 g/mol. The average Bonchev–Trinajstić information content (AvgIpc) is 3.30. The van der Waals surface area contributed by atoms with Crippen LogP contribution in [0.1, 0.15) is 30.9 Å². The highest BCUT2D eigenvalue weighted by Gasteiger charge is 2.42. The van der Waals surface area contributed by atoms with Crippen LogP contribution in [0.15, 0.2) is 24.3 Å². The Morgan fingerprint density at radius 3 is 2.24 bits per heavy atom. The van der Waals surface area contributed by atoms with Crippen LogP contribution in [-0.4, -0.2) is 64.4 Å². The Morgan fingerprint density at radius 2 is 1.62 bits per heavy atom. The van der Waals surface area contributed by atoms with Gasteiger partial charge in [-0.1, -0.05) is 6.92 Å². The monoisotopic (exact) mass is 471 g/mol. The van der Waals surface area contributed by atoms with Crippen molar-refractivity contribution in [1.82, 2.24) is 4.90 Å². The number of hydrogen-bond donors (Lipinski definition) is 0. The number of carbonyl (C=O) groups excluding carboxylic acids is 1. The molecule has 3 heterocycles. The molecule has 182 valence electrons. The second kappa shape index (κ2) is 9.23. The van der Waals surface area contributed by atoms with Gasteiger partial charge in [0.1, 0.15) is 5.75 Å². The van der Waals surface area contributed by atoms with E-state index in [1.54, 1.807) is 14.2 Å². The summed E-state index contributed by atoms with van der Waals surface area (Å²) in [6.45, 7) is 6.63. The maximum Gasteiger partial charge on any atom is 0.308 e. The largest absolute Gasteiger partial charge is 0.493 e. The highest BCUT2D eigenvalue weighted by Crippen LogP contribution is 2.52. The number of fused-ring (bicyclic) bond motifs is 2. The van der Waals surface area contributed by atoms with Gasteiger partial charge >= 0.3 is 5.97 Å². The summed E-state index contributed by atoms with van der Waals surface area (Å²) < 4.78 is 40.0. The number of esters is 1. The van der Waals surface area contributed by atoms with Crippen molar-refractivity contribution in [2.45, 2.75) is 26.0 Å². The summed E-state index contributed by atoms with van der Waals surface area (Å²) in [7, 11) is 3.09. The topological polar surface area (TPSA) is 84.9 Å². The summed E-state index contributed by atoms with van der Waals surface area (Å²) in [4.78, 5) is 14.0. The first kappa shape index (κ1) is 22.6. The zero-order valence-corrected chi connectivity index (χ0v) is 19.8. The quantitative estimate of drug-likeness (QED) is 0.482. The molecule has 0 aliphatic carbocycles. The predicted molar refractivity (Wildman–Crippen MR) is 121 cm³/mol. The lowest BCUT2D eigenvalue weighted by molar-refractivity contribution is -0.132. The smallest absolute Gasteiger partial charge is 0.308 e. The Bertz CT molecular complexity index is 1060. The maximum absolute atomic E-state index is 11.7. The summed E-state index contributed by atoms with van der Waals surface area (Å²) in [5.74, 6) is 2.78. The van der Waals surface area contributed by atoms with Gasteiger partial charge in [0.05, 0.1) is 27.4 Å². The van der Waals surface area contributed by atoms with E-state index >= 15 is 0 Å². The number of hydrogen-bond acceptors (Lipinski definition) is 9. The van der Waals surface area contributed by atoms with Gasteiger partial charge in [0.25, 0.3) is 0 Å².